The third kappa shape index (κ3) is 39.4. The van der Waals surface area contributed by atoms with Crippen LogP contribution in [0.4, 0.5) is 0 Å². The van der Waals surface area contributed by atoms with Gasteiger partial charge in [-0.05, 0) is 0 Å². The van der Waals surface area contributed by atoms with Crippen molar-refractivity contribution >= 4 is 33.0 Å². The largest absolute Gasteiger partial charge is 0.251 e. The van der Waals surface area contributed by atoms with Gasteiger partial charge in [0.15, 0.2) is 0 Å². The Morgan fingerprint density at radius 1 is 1.00 bits per heavy atom. The summed E-state index contributed by atoms with van der Waals surface area (Å²) in [7, 11) is 0. The molecule has 0 heterocycles. The van der Waals surface area contributed by atoms with Crippen LogP contribution in [0.3, 0.4) is 0 Å². The standard InChI is InChI=1S/3CH3.Al.Li/h3*1H3;;. The molecule has 0 saturated heterocycles. The average molecular weight is 79.0 g/mol. The summed E-state index contributed by atoms with van der Waals surface area (Å²) in [5.41, 5.74) is 0. The number of rotatable bonds is 0. The van der Waals surface area contributed by atoms with Gasteiger partial charge in [0.25, 0.3) is 14.1 Å². The number of hydrogen-bond acceptors (Lipinski definition) is 0. The van der Waals surface area contributed by atoms with Gasteiger partial charge in [-0.25, -0.2) is 0 Å². The Kier molecular flexibility index (Phi) is 9.70. The molecule has 0 spiro atoms. The molecule has 5 heavy (non-hydrogen) atoms. The van der Waals surface area contributed by atoms with E-state index in [1.54, 1.807) is 0 Å². The van der Waals surface area contributed by atoms with E-state index in [-0.39, 0.29) is 33.0 Å². The molecular formula is C3H9AlLi. The third-order valence-corrected chi connectivity index (χ3v) is 0. The zero-order valence-electron chi connectivity index (χ0n) is 4.58. The Balaban J connectivity index is 0. The van der Waals surface area contributed by atoms with Crippen molar-refractivity contribution in [3.63, 3.8) is 0 Å². The molecule has 0 unspecified atom stereocenters. The van der Waals surface area contributed by atoms with Gasteiger partial charge in [-0.15, -0.1) is 17.4 Å². The maximum Gasteiger partial charge on any atom is 0.251 e. The van der Waals surface area contributed by atoms with Gasteiger partial charge in [0.2, 0.25) is 0 Å². The average Bonchev–Trinajstić information content (AvgIpc) is 0.811. The first kappa shape index (κ1) is 9.46. The van der Waals surface area contributed by atoms with E-state index in [2.05, 4.69) is 17.4 Å². The van der Waals surface area contributed by atoms with E-state index < -0.39 is 0 Å². The van der Waals surface area contributed by atoms with Crippen LogP contribution in [0.1, 0.15) is 0 Å². The first-order chi connectivity index (χ1) is 1.73. The second kappa shape index (κ2) is 5.13. The summed E-state index contributed by atoms with van der Waals surface area (Å²) in [6.07, 6.45) is 0. The Morgan fingerprint density at radius 2 is 1.00 bits per heavy atom. The molecule has 0 amide bonds. The molecule has 0 aromatic carbocycles. The van der Waals surface area contributed by atoms with E-state index in [1.807, 2.05) is 0 Å². The summed E-state index contributed by atoms with van der Waals surface area (Å²) in [6, 6.07) is 0. The second-order valence-corrected chi connectivity index (χ2v) is 5.20. The van der Waals surface area contributed by atoms with Gasteiger partial charge < -0.3 is 0 Å². The predicted octanol–water partition coefficient (Wildman–Crippen LogP) is 0.990. The van der Waals surface area contributed by atoms with Crippen molar-refractivity contribution in [1.82, 2.24) is 0 Å². The van der Waals surface area contributed by atoms with Crippen LogP contribution in [0.15, 0.2) is 0 Å². The molecule has 0 aromatic rings. The molecule has 0 rings (SSSR count). The summed E-state index contributed by atoms with van der Waals surface area (Å²) in [5.74, 6) is 6.92. The van der Waals surface area contributed by atoms with Crippen LogP contribution in [0.2, 0.25) is 17.4 Å². The van der Waals surface area contributed by atoms with E-state index in [0.29, 0.717) is 0 Å². The van der Waals surface area contributed by atoms with Crippen molar-refractivity contribution in [3.8, 4) is 0 Å². The minimum absolute atomic E-state index is 0. The van der Waals surface area contributed by atoms with Gasteiger partial charge in [0.05, 0.1) is 0 Å². The van der Waals surface area contributed by atoms with Crippen molar-refractivity contribution in [2.24, 2.45) is 0 Å². The molecule has 0 bridgehead atoms. The molecule has 2 heteroatoms. The van der Waals surface area contributed by atoms with E-state index in [4.69, 9.17) is 0 Å². The van der Waals surface area contributed by atoms with Gasteiger partial charge in [-0.3, -0.25) is 0 Å². The van der Waals surface area contributed by atoms with Crippen molar-refractivity contribution in [2.75, 3.05) is 0 Å². The molecule has 25 valence electrons. The third-order valence-electron chi connectivity index (χ3n) is 0. The van der Waals surface area contributed by atoms with Crippen molar-refractivity contribution < 1.29 is 0 Å². The zero-order valence-corrected chi connectivity index (χ0v) is 5.73. The van der Waals surface area contributed by atoms with Crippen molar-refractivity contribution in [3.05, 3.63) is 0 Å². The zero-order chi connectivity index (χ0) is 3.58. The van der Waals surface area contributed by atoms with Crippen molar-refractivity contribution in [1.29, 1.82) is 0 Å². The van der Waals surface area contributed by atoms with Gasteiger partial charge in [-0.2, -0.15) is 0 Å². The van der Waals surface area contributed by atoms with Gasteiger partial charge in [0.1, 0.15) is 0 Å². The van der Waals surface area contributed by atoms with Gasteiger partial charge in [-0.1, -0.05) is 0 Å². The molecule has 0 saturated carbocycles. The predicted molar refractivity (Wildman–Crippen MR) is 29.1 cm³/mol. The summed E-state index contributed by atoms with van der Waals surface area (Å²) >= 11 is -0.139. The van der Waals surface area contributed by atoms with Crippen LogP contribution >= 0.6 is 0 Å². The second-order valence-electron chi connectivity index (χ2n) is 1.73. The molecule has 0 aliphatic heterocycles. The van der Waals surface area contributed by atoms with Crippen LogP contribution in [-0.2, 0) is 0 Å². The fourth-order valence-electron chi connectivity index (χ4n) is 0. The fourth-order valence-corrected chi connectivity index (χ4v) is 0. The van der Waals surface area contributed by atoms with Gasteiger partial charge >= 0.3 is 0 Å². The van der Waals surface area contributed by atoms with E-state index in [1.165, 1.54) is 0 Å². The Hall–Kier alpha value is 1.13. The smallest absolute Gasteiger partial charge is 0.106 e. The molecule has 0 aliphatic rings. The summed E-state index contributed by atoms with van der Waals surface area (Å²) < 4.78 is 0. The van der Waals surface area contributed by atoms with Gasteiger partial charge in [0, 0.05) is 18.9 Å². The summed E-state index contributed by atoms with van der Waals surface area (Å²) in [6.45, 7) is 0. The van der Waals surface area contributed by atoms with Crippen LogP contribution in [-0.4, -0.2) is 33.0 Å². The maximum atomic E-state index is 2.31. The van der Waals surface area contributed by atoms with Crippen LogP contribution in [0.5, 0.6) is 0 Å². The molecular weight excluding hydrogens is 70.0 g/mol. The topological polar surface area (TPSA) is 0 Å². The molecule has 0 aliphatic carbocycles. The Morgan fingerprint density at radius 3 is 1.00 bits per heavy atom. The minimum atomic E-state index is -0.139. The quantitative estimate of drug-likeness (QED) is 0.380. The van der Waals surface area contributed by atoms with E-state index >= 15 is 0 Å². The monoisotopic (exact) mass is 79.1 g/mol. The maximum absolute atomic E-state index is 2.31. The minimum Gasteiger partial charge on any atom is -0.106 e. The molecule has 0 nitrogen and oxygen atoms in total. The van der Waals surface area contributed by atoms with E-state index in [0.717, 1.165) is 0 Å². The van der Waals surface area contributed by atoms with E-state index in [9.17, 15) is 0 Å². The molecule has 0 atom stereocenters. The fraction of sp³-hybridized carbons (Fsp3) is 1.00. The first-order valence-electron chi connectivity index (χ1n) is 1.73. The van der Waals surface area contributed by atoms with Crippen LogP contribution in [0, 0.1) is 0 Å². The summed E-state index contributed by atoms with van der Waals surface area (Å²) in [4.78, 5) is 0. The normalized spacial score (nSPS) is 5.40. The SMILES string of the molecule is [CH3][Al]([CH3])[CH3].[Li]. The Bertz CT molecular complexity index is 11.6. The van der Waals surface area contributed by atoms with Crippen LogP contribution in [0.25, 0.3) is 0 Å². The molecule has 0 aromatic heterocycles. The molecule has 0 fully saturated rings. The van der Waals surface area contributed by atoms with Crippen molar-refractivity contribution in [2.45, 2.75) is 17.4 Å². The number of hydrogen-bond donors (Lipinski definition) is 0. The molecule has 1 radical (unpaired) electrons. The summed E-state index contributed by atoms with van der Waals surface area (Å²) in [5, 5.41) is 0. The van der Waals surface area contributed by atoms with Crippen LogP contribution < -0.4 is 0 Å². The first-order valence-corrected chi connectivity index (χ1v) is 5.20. The molecule has 0 N–H and O–H groups in total. The Labute approximate surface area is 50.5 Å².